The molecule has 1 aliphatic heterocycles. The highest BCUT2D eigenvalue weighted by Gasteiger charge is 2.27. The maximum atomic E-state index is 13.1. The fourth-order valence-electron chi connectivity index (χ4n) is 3.96. The van der Waals surface area contributed by atoms with Crippen molar-refractivity contribution in [3.8, 4) is 0 Å². The number of carbonyl (C=O) groups excluding carboxylic acids is 1. The lowest BCUT2D eigenvalue weighted by Gasteiger charge is -2.32. The fraction of sp³-hybridized carbons (Fsp3) is 0.304. The summed E-state index contributed by atoms with van der Waals surface area (Å²) in [5, 5.41) is 1.17. The van der Waals surface area contributed by atoms with E-state index in [2.05, 4.69) is 34.1 Å². The molecular formula is C23H24N2OS. The summed E-state index contributed by atoms with van der Waals surface area (Å²) in [6, 6.07) is 18.5. The van der Waals surface area contributed by atoms with Gasteiger partial charge in [0.05, 0.1) is 5.52 Å². The molecule has 3 nitrogen and oxygen atoms in total. The highest BCUT2D eigenvalue weighted by Crippen LogP contribution is 2.27. The molecule has 0 bridgehead atoms. The maximum Gasteiger partial charge on any atom is 0.168 e. The maximum absolute atomic E-state index is 13.1. The van der Waals surface area contributed by atoms with E-state index in [-0.39, 0.29) is 5.92 Å². The number of Topliss-reactive ketones (excluding diaryl/α,β-unsaturated/α-hetero) is 1. The average Bonchev–Trinajstić information content (AvgIpc) is 2.73. The van der Waals surface area contributed by atoms with Crippen LogP contribution in [0.3, 0.4) is 0 Å². The minimum Gasteiger partial charge on any atom is -0.298 e. The van der Waals surface area contributed by atoms with E-state index in [0.717, 1.165) is 48.5 Å². The van der Waals surface area contributed by atoms with Crippen molar-refractivity contribution in [2.75, 3.05) is 19.3 Å². The number of pyridine rings is 1. The van der Waals surface area contributed by atoms with E-state index in [9.17, 15) is 4.79 Å². The molecule has 0 radical (unpaired) electrons. The summed E-state index contributed by atoms with van der Waals surface area (Å²) in [7, 11) is 0. The largest absolute Gasteiger partial charge is 0.298 e. The predicted octanol–water partition coefficient (Wildman–Crippen LogP) is 5.05. The minimum atomic E-state index is 0.0918. The number of piperidine rings is 1. The van der Waals surface area contributed by atoms with Gasteiger partial charge in [-0.1, -0.05) is 30.3 Å². The molecule has 3 aromatic rings. The summed E-state index contributed by atoms with van der Waals surface area (Å²) in [6.45, 7) is 2.78. The molecule has 1 aromatic heterocycles. The third-order valence-corrected chi connectivity index (χ3v) is 6.12. The van der Waals surface area contributed by atoms with Gasteiger partial charge in [-0.25, -0.2) is 0 Å². The van der Waals surface area contributed by atoms with Crippen molar-refractivity contribution in [1.29, 1.82) is 0 Å². The second kappa shape index (κ2) is 8.24. The van der Waals surface area contributed by atoms with Gasteiger partial charge in [0.25, 0.3) is 0 Å². The van der Waals surface area contributed by atoms with Crippen molar-refractivity contribution in [2.24, 2.45) is 5.92 Å². The molecule has 0 unspecified atom stereocenters. The normalized spacial score (nSPS) is 17.9. The van der Waals surface area contributed by atoms with Crippen LogP contribution in [0.2, 0.25) is 0 Å². The summed E-state index contributed by atoms with van der Waals surface area (Å²) in [5.41, 5.74) is 3.20. The Labute approximate surface area is 164 Å². The van der Waals surface area contributed by atoms with Crippen molar-refractivity contribution < 1.29 is 4.79 Å². The number of fused-ring (bicyclic) bond motifs is 1. The van der Waals surface area contributed by atoms with E-state index in [1.807, 2.05) is 42.8 Å². The Hall–Kier alpha value is -2.17. The van der Waals surface area contributed by atoms with Crippen LogP contribution in [0.15, 0.2) is 65.7 Å². The molecule has 0 spiro atoms. The van der Waals surface area contributed by atoms with Gasteiger partial charge in [0, 0.05) is 41.0 Å². The van der Waals surface area contributed by atoms with Crippen LogP contribution >= 0.6 is 11.8 Å². The fourth-order valence-corrected chi connectivity index (χ4v) is 4.57. The lowest BCUT2D eigenvalue weighted by Crippen LogP contribution is -2.38. The van der Waals surface area contributed by atoms with Crippen LogP contribution in [0.5, 0.6) is 0 Å². The molecule has 1 aliphatic rings. The highest BCUT2D eigenvalue weighted by atomic mass is 32.2. The second-order valence-electron chi connectivity index (χ2n) is 7.17. The number of carbonyl (C=O) groups is 1. The van der Waals surface area contributed by atoms with E-state index in [4.69, 9.17) is 0 Å². The molecule has 1 atom stereocenters. The van der Waals surface area contributed by atoms with E-state index in [1.54, 1.807) is 11.8 Å². The first-order chi connectivity index (χ1) is 13.2. The highest BCUT2D eigenvalue weighted by molar-refractivity contribution is 7.98. The van der Waals surface area contributed by atoms with E-state index in [0.29, 0.717) is 5.78 Å². The smallest absolute Gasteiger partial charge is 0.168 e. The topological polar surface area (TPSA) is 33.2 Å². The Balaban J connectivity index is 1.48. The molecule has 0 saturated carbocycles. The van der Waals surface area contributed by atoms with Crippen LogP contribution in [0, 0.1) is 5.92 Å². The number of hydrogen-bond acceptors (Lipinski definition) is 4. The number of ketones is 1. The van der Waals surface area contributed by atoms with Gasteiger partial charge < -0.3 is 0 Å². The van der Waals surface area contributed by atoms with Gasteiger partial charge in [0.15, 0.2) is 5.78 Å². The molecule has 0 aliphatic carbocycles. The van der Waals surface area contributed by atoms with E-state index >= 15 is 0 Å². The summed E-state index contributed by atoms with van der Waals surface area (Å²) >= 11 is 1.65. The van der Waals surface area contributed by atoms with E-state index in [1.165, 1.54) is 10.9 Å². The zero-order valence-electron chi connectivity index (χ0n) is 15.6. The lowest BCUT2D eigenvalue weighted by atomic mass is 9.89. The first kappa shape index (κ1) is 18.2. The van der Waals surface area contributed by atoms with Crippen LogP contribution < -0.4 is 0 Å². The first-order valence-corrected chi connectivity index (χ1v) is 10.7. The molecule has 0 amide bonds. The molecule has 138 valence electrons. The van der Waals surface area contributed by atoms with Crippen LogP contribution in [0.4, 0.5) is 0 Å². The minimum absolute atomic E-state index is 0.0918. The molecule has 4 heteroatoms. The van der Waals surface area contributed by atoms with Crippen molar-refractivity contribution in [2.45, 2.75) is 24.3 Å². The number of aromatic nitrogens is 1. The van der Waals surface area contributed by atoms with Gasteiger partial charge in [-0.3, -0.25) is 14.7 Å². The predicted molar refractivity (Wildman–Crippen MR) is 112 cm³/mol. The van der Waals surface area contributed by atoms with Crippen molar-refractivity contribution in [1.82, 2.24) is 9.88 Å². The number of hydrogen-bond donors (Lipinski definition) is 0. The molecule has 4 rings (SSSR count). The molecule has 1 fully saturated rings. The SMILES string of the molecule is CSc1ccccc1C(=O)[C@H]1CCCN(Cc2ccc3ncccc3c2)C1. The molecular weight excluding hydrogens is 352 g/mol. The lowest BCUT2D eigenvalue weighted by molar-refractivity contribution is 0.0808. The Morgan fingerprint density at radius 3 is 2.96 bits per heavy atom. The number of nitrogens with zero attached hydrogens (tertiary/aromatic N) is 2. The first-order valence-electron chi connectivity index (χ1n) is 9.48. The molecule has 27 heavy (non-hydrogen) atoms. The van der Waals surface area contributed by atoms with E-state index < -0.39 is 0 Å². The standard InChI is InChI=1S/C23H24N2OS/c1-27-22-9-3-2-8-20(22)23(26)19-7-5-13-25(16-19)15-17-10-11-21-18(14-17)6-4-12-24-21/h2-4,6,8-12,14,19H,5,7,13,15-16H2,1H3/t19-/m0/s1. The van der Waals surface area contributed by atoms with Crippen LogP contribution in [-0.2, 0) is 6.54 Å². The van der Waals surface area contributed by atoms with Gasteiger partial charge in [-0.05, 0) is 55.5 Å². The molecule has 0 N–H and O–H groups in total. The zero-order valence-corrected chi connectivity index (χ0v) is 16.4. The van der Waals surface area contributed by atoms with Gasteiger partial charge >= 0.3 is 0 Å². The average molecular weight is 377 g/mol. The molecule has 2 heterocycles. The summed E-state index contributed by atoms with van der Waals surface area (Å²) in [6.07, 6.45) is 5.93. The Kier molecular flexibility index (Phi) is 5.55. The number of likely N-dealkylation sites (tertiary alicyclic amines) is 1. The summed E-state index contributed by atoms with van der Waals surface area (Å²) in [4.78, 5) is 21.0. The Morgan fingerprint density at radius 1 is 1.19 bits per heavy atom. The van der Waals surface area contributed by atoms with Gasteiger partial charge in [0.2, 0.25) is 0 Å². The van der Waals surface area contributed by atoms with Crippen LogP contribution in [0.1, 0.15) is 28.8 Å². The molecule has 1 saturated heterocycles. The van der Waals surface area contributed by atoms with Crippen LogP contribution in [0.25, 0.3) is 10.9 Å². The third kappa shape index (κ3) is 4.07. The quantitative estimate of drug-likeness (QED) is 0.461. The summed E-state index contributed by atoms with van der Waals surface area (Å²) in [5.74, 6) is 0.390. The van der Waals surface area contributed by atoms with Crippen molar-refractivity contribution in [3.63, 3.8) is 0 Å². The number of thioether (sulfide) groups is 1. The zero-order chi connectivity index (χ0) is 18.6. The van der Waals surface area contributed by atoms with Gasteiger partial charge in [0.1, 0.15) is 0 Å². The van der Waals surface area contributed by atoms with Crippen molar-refractivity contribution >= 4 is 28.4 Å². The van der Waals surface area contributed by atoms with Crippen LogP contribution in [-0.4, -0.2) is 35.0 Å². The Morgan fingerprint density at radius 2 is 2.07 bits per heavy atom. The Bertz CT molecular complexity index is 956. The van der Waals surface area contributed by atoms with Crippen molar-refractivity contribution in [3.05, 3.63) is 71.9 Å². The molecule has 2 aromatic carbocycles. The third-order valence-electron chi connectivity index (χ3n) is 5.32. The summed E-state index contributed by atoms with van der Waals surface area (Å²) < 4.78 is 0. The number of benzene rings is 2. The number of rotatable bonds is 5. The van der Waals surface area contributed by atoms with Gasteiger partial charge in [-0.2, -0.15) is 0 Å². The monoisotopic (exact) mass is 376 g/mol. The second-order valence-corrected chi connectivity index (χ2v) is 8.02. The van der Waals surface area contributed by atoms with Gasteiger partial charge in [-0.15, -0.1) is 11.8 Å².